The lowest BCUT2D eigenvalue weighted by atomic mass is 9.91. The van der Waals surface area contributed by atoms with Crippen molar-refractivity contribution in [2.75, 3.05) is 32.7 Å². The van der Waals surface area contributed by atoms with E-state index < -0.39 is 0 Å². The highest BCUT2D eigenvalue weighted by atomic mass is 16.7. The monoisotopic (exact) mass is 408 g/mol. The first-order chi connectivity index (χ1) is 14.8. The average molecular weight is 409 g/mol. The number of benzene rings is 1. The van der Waals surface area contributed by atoms with Gasteiger partial charge in [0.2, 0.25) is 0 Å². The summed E-state index contributed by atoms with van der Waals surface area (Å²) < 4.78 is 0. The minimum Gasteiger partial charge on any atom is -0.351 e. The van der Waals surface area contributed by atoms with Crippen LogP contribution in [0.25, 0.3) is 0 Å². The molecule has 4 rings (SSSR count). The summed E-state index contributed by atoms with van der Waals surface area (Å²) >= 11 is 0. The fourth-order valence-corrected chi connectivity index (χ4v) is 4.38. The normalized spacial score (nSPS) is 18.4. The van der Waals surface area contributed by atoms with Crippen LogP contribution in [0.5, 0.6) is 0 Å². The molecule has 160 valence electrons. The number of amides is 1. The number of rotatable bonds is 7. The number of aromatic nitrogens is 1. The molecule has 0 radical (unpaired) electrons. The van der Waals surface area contributed by atoms with Crippen molar-refractivity contribution < 1.29 is 9.63 Å². The van der Waals surface area contributed by atoms with Gasteiger partial charge in [-0.1, -0.05) is 24.3 Å². The summed E-state index contributed by atoms with van der Waals surface area (Å²) in [5.74, 6) is 0.518. The van der Waals surface area contributed by atoms with Gasteiger partial charge in [-0.05, 0) is 79.9 Å². The van der Waals surface area contributed by atoms with Gasteiger partial charge in [-0.3, -0.25) is 9.88 Å². The van der Waals surface area contributed by atoms with Crippen LogP contribution in [0.15, 0.2) is 48.8 Å². The Kier molecular flexibility index (Phi) is 7.32. The Labute approximate surface area is 179 Å². The Balaban J connectivity index is 1.12. The smallest absolute Gasteiger partial charge is 0.351 e. The first-order valence-electron chi connectivity index (χ1n) is 11.2. The molecule has 0 bridgehead atoms. The fourth-order valence-electron chi connectivity index (χ4n) is 4.38. The molecule has 1 N–H and O–H groups in total. The molecule has 2 aliphatic heterocycles. The molecule has 2 aromatic rings. The average Bonchev–Trinajstić information content (AvgIpc) is 3.29. The lowest BCUT2D eigenvalue weighted by Gasteiger charge is -2.30. The van der Waals surface area contributed by atoms with Crippen molar-refractivity contribution in [1.82, 2.24) is 20.3 Å². The molecule has 0 unspecified atom stereocenters. The lowest BCUT2D eigenvalue weighted by Crippen LogP contribution is -2.39. The number of piperidine rings is 1. The van der Waals surface area contributed by atoms with E-state index >= 15 is 0 Å². The van der Waals surface area contributed by atoms with E-state index in [0.29, 0.717) is 12.5 Å². The van der Waals surface area contributed by atoms with Crippen molar-refractivity contribution >= 4 is 6.09 Å². The Morgan fingerprint density at radius 3 is 2.33 bits per heavy atom. The first-order valence-corrected chi connectivity index (χ1v) is 11.2. The third-order valence-corrected chi connectivity index (χ3v) is 6.15. The van der Waals surface area contributed by atoms with Crippen molar-refractivity contribution in [3.63, 3.8) is 0 Å². The molecule has 2 fully saturated rings. The van der Waals surface area contributed by atoms with Crippen LogP contribution >= 0.6 is 0 Å². The van der Waals surface area contributed by atoms with E-state index in [1.54, 1.807) is 5.06 Å². The largest absolute Gasteiger partial charge is 0.426 e. The highest BCUT2D eigenvalue weighted by molar-refractivity contribution is 5.66. The molecule has 30 heavy (non-hydrogen) atoms. The first kappa shape index (κ1) is 20.8. The van der Waals surface area contributed by atoms with E-state index in [1.165, 1.54) is 42.6 Å². The third kappa shape index (κ3) is 6.03. The van der Waals surface area contributed by atoms with Gasteiger partial charge in [-0.2, -0.15) is 0 Å². The molecule has 6 nitrogen and oxygen atoms in total. The van der Waals surface area contributed by atoms with Crippen LogP contribution in [0, 0.1) is 0 Å². The van der Waals surface area contributed by atoms with Crippen molar-refractivity contribution in [3.05, 3.63) is 65.5 Å². The zero-order valence-corrected chi connectivity index (χ0v) is 17.6. The molecule has 2 saturated heterocycles. The SMILES string of the molecule is O=C(NCCc1ccc(CN2CCCC2)cc1)ON1CCC(c2ccncc2)CC1. The number of hydroxylamine groups is 2. The molecule has 2 aliphatic rings. The molecule has 0 aliphatic carbocycles. The summed E-state index contributed by atoms with van der Waals surface area (Å²) in [7, 11) is 0. The molecular formula is C24H32N4O2. The minimum absolute atomic E-state index is 0.358. The van der Waals surface area contributed by atoms with Crippen LogP contribution in [0.4, 0.5) is 4.79 Å². The molecule has 0 spiro atoms. The van der Waals surface area contributed by atoms with E-state index in [0.717, 1.165) is 38.9 Å². The van der Waals surface area contributed by atoms with Crippen LogP contribution in [0.1, 0.15) is 48.3 Å². The molecule has 0 atom stereocenters. The number of nitrogens with one attached hydrogen (secondary N) is 1. The maximum absolute atomic E-state index is 12.1. The maximum Gasteiger partial charge on any atom is 0.426 e. The topological polar surface area (TPSA) is 57.7 Å². The summed E-state index contributed by atoms with van der Waals surface area (Å²) in [6.45, 7) is 5.59. The van der Waals surface area contributed by atoms with Gasteiger partial charge >= 0.3 is 6.09 Å². The summed E-state index contributed by atoms with van der Waals surface area (Å²) in [6, 6.07) is 12.9. The summed E-state index contributed by atoms with van der Waals surface area (Å²) in [4.78, 5) is 24.2. The second kappa shape index (κ2) is 10.5. The van der Waals surface area contributed by atoms with Crippen molar-refractivity contribution in [1.29, 1.82) is 0 Å². The van der Waals surface area contributed by atoms with Crippen molar-refractivity contribution in [2.24, 2.45) is 0 Å². The number of pyridine rings is 1. The molecule has 0 saturated carbocycles. The highest BCUT2D eigenvalue weighted by Crippen LogP contribution is 2.27. The number of hydrogen-bond acceptors (Lipinski definition) is 5. The van der Waals surface area contributed by atoms with Gasteiger partial charge in [0, 0.05) is 38.6 Å². The molecule has 3 heterocycles. The molecule has 1 aromatic carbocycles. The lowest BCUT2D eigenvalue weighted by molar-refractivity contribution is -0.113. The fraction of sp³-hybridized carbons (Fsp3) is 0.500. The van der Waals surface area contributed by atoms with E-state index in [1.807, 2.05) is 12.4 Å². The minimum atomic E-state index is -0.358. The summed E-state index contributed by atoms with van der Waals surface area (Å²) in [5.41, 5.74) is 3.92. The second-order valence-electron chi connectivity index (χ2n) is 8.34. The van der Waals surface area contributed by atoms with Gasteiger partial charge in [0.25, 0.3) is 0 Å². The van der Waals surface area contributed by atoms with Gasteiger partial charge in [0.15, 0.2) is 0 Å². The Hall–Kier alpha value is -2.44. The van der Waals surface area contributed by atoms with Crippen LogP contribution in [0.2, 0.25) is 0 Å². The second-order valence-corrected chi connectivity index (χ2v) is 8.34. The van der Waals surface area contributed by atoms with Gasteiger partial charge in [0.05, 0.1) is 0 Å². The Morgan fingerprint density at radius 2 is 1.63 bits per heavy atom. The quantitative estimate of drug-likeness (QED) is 0.756. The van der Waals surface area contributed by atoms with Crippen LogP contribution in [-0.2, 0) is 17.8 Å². The van der Waals surface area contributed by atoms with E-state index in [-0.39, 0.29) is 6.09 Å². The van der Waals surface area contributed by atoms with Crippen LogP contribution in [-0.4, -0.2) is 53.8 Å². The zero-order chi connectivity index (χ0) is 20.6. The third-order valence-electron chi connectivity index (χ3n) is 6.15. The van der Waals surface area contributed by atoms with Gasteiger partial charge in [-0.25, -0.2) is 4.79 Å². The maximum atomic E-state index is 12.1. The number of carbonyl (C=O) groups excluding carboxylic acids is 1. The van der Waals surface area contributed by atoms with Gasteiger partial charge < -0.3 is 10.2 Å². The number of carbonyl (C=O) groups is 1. The molecular weight excluding hydrogens is 376 g/mol. The van der Waals surface area contributed by atoms with Crippen molar-refractivity contribution in [2.45, 2.75) is 44.6 Å². The number of likely N-dealkylation sites (tertiary alicyclic amines) is 1. The van der Waals surface area contributed by atoms with Gasteiger partial charge in [0.1, 0.15) is 0 Å². The van der Waals surface area contributed by atoms with E-state index in [4.69, 9.17) is 4.84 Å². The molecule has 6 heteroatoms. The van der Waals surface area contributed by atoms with Gasteiger partial charge in [-0.15, -0.1) is 5.06 Å². The van der Waals surface area contributed by atoms with E-state index in [9.17, 15) is 4.79 Å². The van der Waals surface area contributed by atoms with Crippen LogP contribution < -0.4 is 5.32 Å². The zero-order valence-electron chi connectivity index (χ0n) is 17.6. The predicted molar refractivity (Wildman–Crippen MR) is 117 cm³/mol. The molecule has 1 amide bonds. The Bertz CT molecular complexity index is 783. The van der Waals surface area contributed by atoms with E-state index in [2.05, 4.69) is 51.6 Å². The summed E-state index contributed by atoms with van der Waals surface area (Å²) in [5, 5.41) is 4.65. The molecule has 1 aromatic heterocycles. The highest BCUT2D eigenvalue weighted by Gasteiger charge is 2.23. The van der Waals surface area contributed by atoms with Crippen molar-refractivity contribution in [3.8, 4) is 0 Å². The Morgan fingerprint density at radius 1 is 0.967 bits per heavy atom. The van der Waals surface area contributed by atoms with Crippen LogP contribution in [0.3, 0.4) is 0 Å². The number of hydrogen-bond donors (Lipinski definition) is 1. The standard InChI is InChI=1S/C24H32N4O2/c29-24(30-28-17-10-23(11-18-28)22-8-12-25-13-9-22)26-14-7-20-3-5-21(6-4-20)19-27-15-1-2-16-27/h3-6,8-9,12-13,23H,1-2,7,10-11,14-19H2,(H,26,29). The predicted octanol–water partition coefficient (Wildman–Crippen LogP) is 3.74. The number of nitrogens with zero attached hydrogens (tertiary/aromatic N) is 3. The summed E-state index contributed by atoms with van der Waals surface area (Å²) in [6.07, 6.45) is 8.75.